The van der Waals surface area contributed by atoms with E-state index in [-0.39, 0.29) is 38.5 Å². The van der Waals surface area contributed by atoms with E-state index < -0.39 is 47.8 Å². The minimum Gasteiger partial charge on any atom is -0.444 e. The SMILES string of the molecule is CC(=O)NC[C@H]1CN(c2ccc(-c3ccc(CNC(=O)C4CC(O)CN4C(=O)OC(C)(C)C)cc3)c(F)c2)C(=O)O1. The summed E-state index contributed by atoms with van der Waals surface area (Å²) in [6, 6.07) is 10.6. The number of aliphatic hydroxyl groups is 1. The zero-order valence-electron chi connectivity index (χ0n) is 23.5. The van der Waals surface area contributed by atoms with Gasteiger partial charge in [-0.3, -0.25) is 19.4 Å². The van der Waals surface area contributed by atoms with Crippen molar-refractivity contribution in [2.75, 3.05) is 24.5 Å². The van der Waals surface area contributed by atoms with E-state index >= 15 is 4.39 Å². The maximum atomic E-state index is 15.1. The fraction of sp³-hybridized carbons (Fsp3) is 0.448. The van der Waals surface area contributed by atoms with Gasteiger partial charge in [0, 0.05) is 25.5 Å². The lowest BCUT2D eigenvalue weighted by Gasteiger charge is -2.27. The van der Waals surface area contributed by atoms with E-state index in [2.05, 4.69) is 10.6 Å². The minimum atomic E-state index is -0.847. The highest BCUT2D eigenvalue weighted by Crippen LogP contribution is 2.29. The number of hydrogen-bond donors (Lipinski definition) is 3. The molecule has 11 nitrogen and oxygen atoms in total. The number of cyclic esters (lactones) is 1. The molecule has 0 radical (unpaired) electrons. The molecule has 0 bridgehead atoms. The molecule has 2 aromatic rings. The maximum absolute atomic E-state index is 15.1. The Morgan fingerprint density at radius 1 is 1.10 bits per heavy atom. The Labute approximate surface area is 237 Å². The van der Waals surface area contributed by atoms with Crippen LogP contribution in [-0.4, -0.2) is 77.5 Å². The maximum Gasteiger partial charge on any atom is 0.414 e. The third-order valence-corrected chi connectivity index (χ3v) is 6.66. The van der Waals surface area contributed by atoms with E-state index in [4.69, 9.17) is 9.47 Å². The molecule has 2 aliphatic heterocycles. The number of anilines is 1. The van der Waals surface area contributed by atoms with Gasteiger partial charge >= 0.3 is 12.2 Å². The molecule has 12 heteroatoms. The smallest absolute Gasteiger partial charge is 0.414 e. The molecule has 2 unspecified atom stereocenters. The predicted octanol–water partition coefficient (Wildman–Crippen LogP) is 2.94. The summed E-state index contributed by atoms with van der Waals surface area (Å²) < 4.78 is 25.7. The number of carbonyl (C=O) groups excluding carboxylic acids is 4. The van der Waals surface area contributed by atoms with Crippen LogP contribution in [0.1, 0.15) is 39.7 Å². The Hall–Kier alpha value is -4.19. The fourth-order valence-electron chi connectivity index (χ4n) is 4.70. The van der Waals surface area contributed by atoms with Crippen LogP contribution < -0.4 is 15.5 Å². The number of rotatable bonds is 7. The lowest BCUT2D eigenvalue weighted by molar-refractivity contribution is -0.125. The van der Waals surface area contributed by atoms with E-state index in [1.807, 2.05) is 0 Å². The molecule has 2 saturated heterocycles. The van der Waals surface area contributed by atoms with Crippen molar-refractivity contribution in [3.63, 3.8) is 0 Å². The highest BCUT2D eigenvalue weighted by molar-refractivity contribution is 5.90. The van der Waals surface area contributed by atoms with Gasteiger partial charge in [0.15, 0.2) is 0 Å². The van der Waals surface area contributed by atoms with Gasteiger partial charge in [-0.2, -0.15) is 0 Å². The second-order valence-electron chi connectivity index (χ2n) is 11.2. The second kappa shape index (κ2) is 12.1. The molecule has 3 atom stereocenters. The van der Waals surface area contributed by atoms with Crippen LogP contribution in [0.2, 0.25) is 0 Å². The number of aliphatic hydroxyl groups excluding tert-OH is 1. The van der Waals surface area contributed by atoms with Crippen molar-refractivity contribution in [3.8, 4) is 11.1 Å². The summed E-state index contributed by atoms with van der Waals surface area (Å²) in [6.45, 7) is 7.11. The van der Waals surface area contributed by atoms with Gasteiger partial charge in [-0.05, 0) is 50.1 Å². The highest BCUT2D eigenvalue weighted by Gasteiger charge is 2.40. The number of halogens is 1. The molecule has 4 amide bonds. The van der Waals surface area contributed by atoms with Crippen molar-refractivity contribution < 1.29 is 38.1 Å². The first kappa shape index (κ1) is 29.8. The molecule has 2 fully saturated rings. The lowest BCUT2D eigenvalue weighted by Crippen LogP contribution is -2.47. The Kier molecular flexibility index (Phi) is 8.81. The van der Waals surface area contributed by atoms with Crippen molar-refractivity contribution in [3.05, 3.63) is 53.8 Å². The van der Waals surface area contributed by atoms with E-state index in [0.717, 1.165) is 5.56 Å². The number of likely N-dealkylation sites (tertiary alicyclic amines) is 1. The van der Waals surface area contributed by atoms with Gasteiger partial charge < -0.3 is 25.2 Å². The molecule has 2 aromatic carbocycles. The van der Waals surface area contributed by atoms with Crippen LogP contribution in [0.15, 0.2) is 42.5 Å². The van der Waals surface area contributed by atoms with Crippen LogP contribution in [0.5, 0.6) is 0 Å². The first-order valence-electron chi connectivity index (χ1n) is 13.4. The lowest BCUT2D eigenvalue weighted by atomic mass is 10.0. The number of β-amino-alcohol motifs (C(OH)–C–C–N with tert-alkyl or cyclic N) is 1. The Balaban J connectivity index is 1.36. The van der Waals surface area contributed by atoms with Gasteiger partial charge in [0.1, 0.15) is 23.6 Å². The molecule has 0 saturated carbocycles. The first-order chi connectivity index (χ1) is 19.3. The summed E-state index contributed by atoms with van der Waals surface area (Å²) in [5.74, 6) is -1.16. The van der Waals surface area contributed by atoms with Gasteiger partial charge in [-0.15, -0.1) is 0 Å². The summed E-state index contributed by atoms with van der Waals surface area (Å²) >= 11 is 0. The topological polar surface area (TPSA) is 138 Å². The number of nitrogens with zero attached hydrogens (tertiary/aromatic N) is 2. The standard InChI is InChI=1S/C29H35FN4O7/c1-17(35)31-14-22-16-33(27(38)40-22)20-9-10-23(24(30)11-20)19-7-5-18(6-8-19)13-32-26(37)25-12-21(36)15-34(25)28(39)41-29(2,3)4/h5-11,21-22,25,36H,12-16H2,1-4H3,(H,31,35)(H,32,37)/t21?,22-,25?/m0/s1. The molecule has 2 aliphatic rings. The summed E-state index contributed by atoms with van der Waals surface area (Å²) in [5, 5.41) is 15.5. The van der Waals surface area contributed by atoms with Crippen LogP contribution in [-0.2, 0) is 25.6 Å². The molecule has 41 heavy (non-hydrogen) atoms. The number of benzene rings is 2. The van der Waals surface area contributed by atoms with E-state index in [1.165, 1.54) is 22.8 Å². The zero-order chi connectivity index (χ0) is 29.9. The molecule has 3 N–H and O–H groups in total. The number of amides is 4. The number of hydrogen-bond acceptors (Lipinski definition) is 7. The van der Waals surface area contributed by atoms with Crippen molar-refractivity contribution in [1.82, 2.24) is 15.5 Å². The fourth-order valence-corrected chi connectivity index (χ4v) is 4.70. The van der Waals surface area contributed by atoms with Crippen molar-refractivity contribution in [2.45, 2.75) is 64.5 Å². The second-order valence-corrected chi connectivity index (χ2v) is 11.2. The molecular formula is C29H35FN4O7. The molecule has 0 aromatic heterocycles. The number of carbonyl (C=O) groups is 4. The molecule has 4 rings (SSSR count). The van der Waals surface area contributed by atoms with Gasteiger partial charge in [0.05, 0.1) is 31.4 Å². The normalized spacial score (nSPS) is 20.5. The third-order valence-electron chi connectivity index (χ3n) is 6.66. The van der Waals surface area contributed by atoms with Gasteiger partial charge in [0.25, 0.3) is 0 Å². The molecule has 220 valence electrons. The van der Waals surface area contributed by atoms with E-state index in [9.17, 15) is 24.3 Å². The van der Waals surface area contributed by atoms with Gasteiger partial charge in [-0.1, -0.05) is 24.3 Å². The average molecular weight is 571 g/mol. The van der Waals surface area contributed by atoms with Crippen LogP contribution in [0.3, 0.4) is 0 Å². The largest absolute Gasteiger partial charge is 0.444 e. The summed E-state index contributed by atoms with van der Waals surface area (Å²) in [4.78, 5) is 51.3. The average Bonchev–Trinajstić information content (AvgIpc) is 3.48. The van der Waals surface area contributed by atoms with E-state index in [0.29, 0.717) is 16.8 Å². The first-order valence-corrected chi connectivity index (χ1v) is 13.4. The van der Waals surface area contributed by atoms with Crippen molar-refractivity contribution in [1.29, 1.82) is 0 Å². The molecular weight excluding hydrogens is 535 g/mol. The molecule has 0 spiro atoms. The Morgan fingerprint density at radius 3 is 2.44 bits per heavy atom. The minimum absolute atomic E-state index is 0.0165. The quantitative estimate of drug-likeness (QED) is 0.466. The Bertz CT molecular complexity index is 1310. The number of ether oxygens (including phenoxy) is 2. The summed E-state index contributed by atoms with van der Waals surface area (Å²) in [5.41, 5.74) is 1.31. The van der Waals surface area contributed by atoms with Crippen molar-refractivity contribution >= 4 is 29.7 Å². The Morgan fingerprint density at radius 2 is 1.80 bits per heavy atom. The predicted molar refractivity (Wildman–Crippen MR) is 147 cm³/mol. The van der Waals surface area contributed by atoms with Crippen LogP contribution in [0.25, 0.3) is 11.1 Å². The number of nitrogens with one attached hydrogen (secondary N) is 2. The molecule has 0 aliphatic carbocycles. The monoisotopic (exact) mass is 570 g/mol. The summed E-state index contributed by atoms with van der Waals surface area (Å²) in [6.07, 6.45) is -2.50. The highest BCUT2D eigenvalue weighted by atomic mass is 19.1. The zero-order valence-corrected chi connectivity index (χ0v) is 23.5. The third kappa shape index (κ3) is 7.51. The molecule has 2 heterocycles. The van der Waals surface area contributed by atoms with Crippen LogP contribution >= 0.6 is 0 Å². The van der Waals surface area contributed by atoms with Gasteiger partial charge in [0.2, 0.25) is 11.8 Å². The van der Waals surface area contributed by atoms with Crippen LogP contribution in [0.4, 0.5) is 19.7 Å². The summed E-state index contributed by atoms with van der Waals surface area (Å²) in [7, 11) is 0. The van der Waals surface area contributed by atoms with Crippen molar-refractivity contribution in [2.24, 2.45) is 0 Å². The van der Waals surface area contributed by atoms with E-state index in [1.54, 1.807) is 57.2 Å². The van der Waals surface area contributed by atoms with Gasteiger partial charge in [-0.25, -0.2) is 14.0 Å². The van der Waals surface area contributed by atoms with Crippen LogP contribution in [0, 0.1) is 5.82 Å².